The largest absolute Gasteiger partial charge is 0.295 e. The van der Waals surface area contributed by atoms with Gasteiger partial charge in [0.1, 0.15) is 17.0 Å². The number of rotatable bonds is 3. The smallest absolute Gasteiger partial charge is 0.292 e. The highest BCUT2D eigenvalue weighted by Gasteiger charge is 2.24. The molecule has 6 aromatic carbocycles. The Morgan fingerprint density at radius 2 is 1.22 bits per heavy atom. The molecule has 10 rings (SSSR count). The monoisotopic (exact) mass is 576 g/mol. The molecule has 210 valence electrons. The maximum absolute atomic E-state index is 5.16. The van der Waals surface area contributed by atoms with Gasteiger partial charge in [-0.1, -0.05) is 84.9 Å². The Bertz CT molecular complexity index is 2750. The summed E-state index contributed by atoms with van der Waals surface area (Å²) in [7, 11) is 0. The second-order valence-corrected chi connectivity index (χ2v) is 11.6. The Labute approximate surface area is 257 Å². The molecule has 0 unspecified atom stereocenters. The molecule has 4 aromatic heterocycles. The maximum Gasteiger partial charge on any atom is 0.292 e. The molecule has 5 nitrogen and oxygen atoms in total. The number of hydrogen-bond acceptors (Lipinski definition) is 1. The van der Waals surface area contributed by atoms with Gasteiger partial charge in [0.2, 0.25) is 0 Å². The van der Waals surface area contributed by atoms with Gasteiger partial charge in [-0.3, -0.25) is 8.97 Å². The van der Waals surface area contributed by atoms with Crippen LogP contribution < -0.4 is 4.57 Å². The second kappa shape index (κ2) is 9.15. The van der Waals surface area contributed by atoms with Gasteiger partial charge in [-0.15, -0.1) is 0 Å². The van der Waals surface area contributed by atoms with E-state index in [2.05, 4.69) is 170 Å². The molecule has 5 heteroatoms. The van der Waals surface area contributed by atoms with Gasteiger partial charge in [-0.25, -0.2) is 9.97 Å². The quantitative estimate of drug-likeness (QED) is 0.209. The highest BCUT2D eigenvalue weighted by atomic mass is 15.1. The summed E-state index contributed by atoms with van der Waals surface area (Å²) in [6.45, 7) is 0. The first kappa shape index (κ1) is 24.3. The third-order valence-corrected chi connectivity index (χ3v) is 9.09. The van der Waals surface area contributed by atoms with Crippen LogP contribution in [-0.2, 0) is 0 Å². The highest BCUT2D eigenvalue weighted by Crippen LogP contribution is 2.40. The molecule has 0 aliphatic rings. The Hall–Kier alpha value is -6.20. The number of nitrogens with zero attached hydrogens (tertiary/aromatic N) is 4. The van der Waals surface area contributed by atoms with Crippen molar-refractivity contribution < 1.29 is 4.57 Å². The fraction of sp³-hybridized carbons (Fsp3) is 0. The predicted molar refractivity (Wildman–Crippen MR) is 183 cm³/mol. The van der Waals surface area contributed by atoms with Gasteiger partial charge >= 0.3 is 0 Å². The zero-order valence-electron chi connectivity index (χ0n) is 24.2. The molecule has 0 saturated heterocycles. The molecule has 0 atom stereocenters. The van der Waals surface area contributed by atoms with E-state index in [1.54, 1.807) is 0 Å². The van der Waals surface area contributed by atoms with Crippen molar-refractivity contribution in [3.63, 3.8) is 0 Å². The first-order chi connectivity index (χ1) is 22.3. The molecule has 45 heavy (non-hydrogen) atoms. The number of para-hydroxylation sites is 5. The van der Waals surface area contributed by atoms with Gasteiger partial charge in [0.25, 0.3) is 5.82 Å². The molecule has 0 spiro atoms. The van der Waals surface area contributed by atoms with Crippen LogP contribution in [-0.4, -0.2) is 18.9 Å². The number of benzene rings is 6. The number of hydrogen-bond donors (Lipinski definition) is 1. The molecule has 0 radical (unpaired) electrons. The first-order valence-electron chi connectivity index (χ1n) is 15.3. The molecule has 0 aliphatic heterocycles. The summed E-state index contributed by atoms with van der Waals surface area (Å²) in [5.74, 6) is 1.06. The third-order valence-electron chi connectivity index (χ3n) is 9.09. The number of imidazole rings is 2. The van der Waals surface area contributed by atoms with Crippen molar-refractivity contribution in [3.05, 3.63) is 152 Å². The molecule has 0 bridgehead atoms. The van der Waals surface area contributed by atoms with Gasteiger partial charge in [0, 0.05) is 21.8 Å². The van der Waals surface area contributed by atoms with E-state index in [1.165, 1.54) is 21.7 Å². The summed E-state index contributed by atoms with van der Waals surface area (Å²) >= 11 is 0. The first-order valence-corrected chi connectivity index (χ1v) is 15.3. The number of aromatic amines is 1. The van der Waals surface area contributed by atoms with E-state index in [1.807, 2.05) is 0 Å². The lowest BCUT2D eigenvalue weighted by atomic mass is 10.1. The average molecular weight is 577 g/mol. The molecular formula is C40H26N5+. The van der Waals surface area contributed by atoms with E-state index < -0.39 is 0 Å². The van der Waals surface area contributed by atoms with E-state index in [-0.39, 0.29) is 0 Å². The van der Waals surface area contributed by atoms with Crippen LogP contribution in [0.3, 0.4) is 0 Å². The lowest BCUT2D eigenvalue weighted by Gasteiger charge is -2.12. The molecule has 10 aromatic rings. The molecule has 0 amide bonds. The molecular weight excluding hydrogens is 550 g/mol. The maximum atomic E-state index is 5.16. The van der Waals surface area contributed by atoms with Crippen molar-refractivity contribution in [1.29, 1.82) is 0 Å². The van der Waals surface area contributed by atoms with Crippen LogP contribution in [0.4, 0.5) is 0 Å². The van der Waals surface area contributed by atoms with E-state index in [4.69, 9.17) is 4.98 Å². The minimum Gasteiger partial charge on any atom is -0.295 e. The van der Waals surface area contributed by atoms with Gasteiger partial charge < -0.3 is 0 Å². The zero-order valence-corrected chi connectivity index (χ0v) is 24.2. The zero-order chi connectivity index (χ0) is 29.5. The summed E-state index contributed by atoms with van der Waals surface area (Å²) in [5.41, 5.74) is 10.9. The Morgan fingerprint density at radius 1 is 0.556 bits per heavy atom. The van der Waals surface area contributed by atoms with Crippen molar-refractivity contribution in [3.8, 4) is 22.8 Å². The van der Waals surface area contributed by atoms with Crippen molar-refractivity contribution in [2.75, 3.05) is 0 Å². The fourth-order valence-corrected chi connectivity index (χ4v) is 7.18. The topological polar surface area (TPSA) is 41.9 Å². The lowest BCUT2D eigenvalue weighted by molar-refractivity contribution is -0.554. The summed E-state index contributed by atoms with van der Waals surface area (Å²) in [5, 5.41) is 4.83. The summed E-state index contributed by atoms with van der Waals surface area (Å²) < 4.78 is 7.07. The minimum atomic E-state index is 0.974. The molecule has 0 saturated carbocycles. The van der Waals surface area contributed by atoms with Gasteiger partial charge in [-0.05, 0) is 72.1 Å². The Balaban J connectivity index is 1.29. The summed E-state index contributed by atoms with van der Waals surface area (Å²) in [6, 6.07) is 53.8. The van der Waals surface area contributed by atoms with Gasteiger partial charge in [0.05, 0.1) is 22.1 Å². The van der Waals surface area contributed by atoms with E-state index in [0.717, 1.165) is 61.5 Å². The fourth-order valence-electron chi connectivity index (χ4n) is 7.18. The highest BCUT2D eigenvalue weighted by molar-refractivity contribution is 6.23. The molecule has 0 fully saturated rings. The number of nitrogens with one attached hydrogen (secondary N) is 1. The Morgan fingerprint density at radius 3 is 2.07 bits per heavy atom. The SMILES string of the molecule is c1ccc(-c2[nH]c3ccccc3[n+]2-c2ccc(-n3c4ccccc4c4c5ccccc5c5nc6ccccc6n5c43)cc2)cc1. The number of aromatic nitrogens is 5. The van der Waals surface area contributed by atoms with Crippen LogP contribution in [0.1, 0.15) is 0 Å². The van der Waals surface area contributed by atoms with Crippen LogP contribution in [0.5, 0.6) is 0 Å². The third kappa shape index (κ3) is 3.38. The second-order valence-electron chi connectivity index (χ2n) is 11.6. The molecule has 4 heterocycles. The number of fused-ring (bicyclic) bond motifs is 11. The standard InChI is InChI=1S/C40H25N5/c1-2-12-26(13-3-1)38-41-32-17-7-10-20-35(32)43(38)27-22-24-28(25-23-27)44-34-19-9-6-16-31(34)37-29-14-4-5-15-30(29)39-42-33-18-8-11-21-36(33)45(39)40(37)44/h1-25H/p+1. The van der Waals surface area contributed by atoms with Crippen molar-refractivity contribution in [2.24, 2.45) is 0 Å². The lowest BCUT2D eigenvalue weighted by Crippen LogP contribution is -2.31. The van der Waals surface area contributed by atoms with E-state index in [0.29, 0.717) is 0 Å². The number of H-pyrrole nitrogens is 1. The number of pyridine rings is 1. The predicted octanol–water partition coefficient (Wildman–Crippen LogP) is 9.16. The minimum absolute atomic E-state index is 0.974. The van der Waals surface area contributed by atoms with Crippen molar-refractivity contribution >= 4 is 60.4 Å². The summed E-state index contributed by atoms with van der Waals surface area (Å²) in [4.78, 5) is 8.82. The normalized spacial score (nSPS) is 12.0. The van der Waals surface area contributed by atoms with Crippen molar-refractivity contribution in [2.45, 2.75) is 0 Å². The Kier molecular flexibility index (Phi) is 4.93. The van der Waals surface area contributed by atoms with Crippen molar-refractivity contribution in [1.82, 2.24) is 18.9 Å². The average Bonchev–Trinajstić information content (AvgIpc) is 3.79. The van der Waals surface area contributed by atoms with Crippen LogP contribution in [0.15, 0.2) is 152 Å². The molecule has 1 N–H and O–H groups in total. The molecule has 0 aliphatic carbocycles. The van der Waals surface area contributed by atoms with E-state index >= 15 is 0 Å². The van der Waals surface area contributed by atoms with Crippen LogP contribution in [0, 0.1) is 0 Å². The van der Waals surface area contributed by atoms with Crippen LogP contribution >= 0.6 is 0 Å². The van der Waals surface area contributed by atoms with E-state index in [9.17, 15) is 0 Å². The van der Waals surface area contributed by atoms with Crippen LogP contribution in [0.25, 0.3) is 83.2 Å². The van der Waals surface area contributed by atoms with Gasteiger partial charge in [0.15, 0.2) is 11.0 Å². The van der Waals surface area contributed by atoms with Gasteiger partial charge in [-0.2, -0.15) is 4.57 Å². The van der Waals surface area contributed by atoms with Crippen LogP contribution in [0.2, 0.25) is 0 Å². The summed E-state index contributed by atoms with van der Waals surface area (Å²) in [6.07, 6.45) is 0.